The van der Waals surface area contributed by atoms with Crippen LogP contribution in [0.5, 0.6) is 5.75 Å². The summed E-state index contributed by atoms with van der Waals surface area (Å²) in [4.78, 5) is 0. The molecule has 0 saturated carbocycles. The topological polar surface area (TPSA) is 68.3 Å². The SMILES string of the molecule is COc1c(C)c(C)cc(C)c1C(N)C1(C#N)COC1. The highest BCUT2D eigenvalue weighted by Crippen LogP contribution is 2.44. The molecule has 102 valence electrons. The molecule has 4 heteroatoms. The molecule has 0 amide bonds. The van der Waals surface area contributed by atoms with E-state index in [9.17, 15) is 5.26 Å². The van der Waals surface area contributed by atoms with E-state index in [1.807, 2.05) is 20.8 Å². The number of nitrogens with two attached hydrogens (primary N) is 1. The van der Waals surface area contributed by atoms with Crippen molar-refractivity contribution in [3.05, 3.63) is 28.3 Å². The Morgan fingerprint density at radius 1 is 1.37 bits per heavy atom. The van der Waals surface area contributed by atoms with E-state index < -0.39 is 5.41 Å². The molecule has 2 rings (SSSR count). The zero-order valence-corrected chi connectivity index (χ0v) is 11.9. The molecule has 0 spiro atoms. The summed E-state index contributed by atoms with van der Waals surface area (Å²) >= 11 is 0. The van der Waals surface area contributed by atoms with E-state index in [2.05, 4.69) is 12.1 Å². The van der Waals surface area contributed by atoms with Gasteiger partial charge in [0.15, 0.2) is 0 Å². The Morgan fingerprint density at radius 2 is 2.00 bits per heavy atom. The second kappa shape index (κ2) is 4.84. The second-order valence-electron chi connectivity index (χ2n) is 5.32. The Bertz CT molecular complexity index is 542. The monoisotopic (exact) mass is 260 g/mol. The lowest BCUT2D eigenvalue weighted by Gasteiger charge is -2.41. The smallest absolute Gasteiger partial charge is 0.127 e. The van der Waals surface area contributed by atoms with Gasteiger partial charge >= 0.3 is 0 Å². The van der Waals surface area contributed by atoms with Crippen LogP contribution in [0.25, 0.3) is 0 Å². The van der Waals surface area contributed by atoms with Gasteiger partial charge in [-0.3, -0.25) is 0 Å². The summed E-state index contributed by atoms with van der Waals surface area (Å²) in [5.74, 6) is 0.798. The number of ether oxygens (including phenoxy) is 2. The van der Waals surface area contributed by atoms with Gasteiger partial charge in [0.05, 0.1) is 32.4 Å². The maximum Gasteiger partial charge on any atom is 0.127 e. The lowest BCUT2D eigenvalue weighted by Crippen LogP contribution is -2.49. The zero-order valence-electron chi connectivity index (χ0n) is 11.9. The highest BCUT2D eigenvalue weighted by atomic mass is 16.5. The molecule has 1 aliphatic rings. The van der Waals surface area contributed by atoms with Crippen molar-refractivity contribution in [2.75, 3.05) is 20.3 Å². The van der Waals surface area contributed by atoms with Crippen LogP contribution >= 0.6 is 0 Å². The van der Waals surface area contributed by atoms with E-state index >= 15 is 0 Å². The van der Waals surface area contributed by atoms with Crippen LogP contribution in [0.2, 0.25) is 0 Å². The first-order valence-electron chi connectivity index (χ1n) is 6.36. The second-order valence-corrected chi connectivity index (χ2v) is 5.32. The number of nitrogens with zero attached hydrogens (tertiary/aromatic N) is 1. The molecule has 0 bridgehead atoms. The molecule has 1 heterocycles. The highest BCUT2D eigenvalue weighted by Gasteiger charge is 2.47. The largest absolute Gasteiger partial charge is 0.496 e. The Hall–Kier alpha value is -1.57. The van der Waals surface area contributed by atoms with Crippen molar-refractivity contribution in [2.45, 2.75) is 26.8 Å². The first-order valence-corrected chi connectivity index (χ1v) is 6.36. The zero-order chi connectivity index (χ0) is 14.2. The predicted octanol–water partition coefficient (Wildman–Crippen LogP) is 2.16. The van der Waals surface area contributed by atoms with Crippen LogP contribution in [-0.4, -0.2) is 20.3 Å². The fourth-order valence-electron chi connectivity index (χ4n) is 2.63. The Morgan fingerprint density at radius 3 is 2.42 bits per heavy atom. The van der Waals surface area contributed by atoms with Gasteiger partial charge in [-0.1, -0.05) is 6.07 Å². The lowest BCUT2D eigenvalue weighted by atomic mass is 9.75. The molecule has 1 aromatic carbocycles. The highest BCUT2D eigenvalue weighted by molar-refractivity contribution is 5.52. The minimum atomic E-state index is -0.625. The molecule has 19 heavy (non-hydrogen) atoms. The molecule has 0 radical (unpaired) electrons. The van der Waals surface area contributed by atoms with Crippen molar-refractivity contribution in [3.8, 4) is 11.8 Å². The lowest BCUT2D eigenvalue weighted by molar-refractivity contribution is -0.0913. The maximum atomic E-state index is 9.40. The van der Waals surface area contributed by atoms with Crippen molar-refractivity contribution in [1.82, 2.24) is 0 Å². The van der Waals surface area contributed by atoms with E-state index in [1.165, 1.54) is 5.56 Å². The fourth-order valence-corrected chi connectivity index (χ4v) is 2.63. The van der Waals surface area contributed by atoms with E-state index in [0.717, 1.165) is 22.4 Å². The quantitative estimate of drug-likeness (QED) is 0.904. The molecule has 0 aliphatic carbocycles. The predicted molar refractivity (Wildman–Crippen MR) is 73.0 cm³/mol. The molecular formula is C15H20N2O2. The molecule has 1 atom stereocenters. The third-order valence-corrected chi connectivity index (χ3v) is 4.09. The van der Waals surface area contributed by atoms with Crippen LogP contribution in [-0.2, 0) is 4.74 Å². The van der Waals surface area contributed by atoms with Gasteiger partial charge < -0.3 is 15.2 Å². The third-order valence-electron chi connectivity index (χ3n) is 4.09. The van der Waals surface area contributed by atoms with E-state index in [-0.39, 0.29) is 6.04 Å². The molecule has 0 aromatic heterocycles. The van der Waals surface area contributed by atoms with Gasteiger partial charge in [-0.05, 0) is 37.5 Å². The van der Waals surface area contributed by atoms with Crippen LogP contribution in [0.15, 0.2) is 6.07 Å². The van der Waals surface area contributed by atoms with Gasteiger partial charge in [0, 0.05) is 5.56 Å². The summed E-state index contributed by atoms with van der Waals surface area (Å²) < 4.78 is 10.7. The van der Waals surface area contributed by atoms with Gasteiger partial charge in [0.1, 0.15) is 11.2 Å². The van der Waals surface area contributed by atoms with Gasteiger partial charge in [0.25, 0.3) is 0 Å². The number of hydrogen-bond acceptors (Lipinski definition) is 4. The van der Waals surface area contributed by atoms with E-state index in [0.29, 0.717) is 13.2 Å². The first-order chi connectivity index (χ1) is 8.96. The average molecular weight is 260 g/mol. The van der Waals surface area contributed by atoms with Crippen molar-refractivity contribution < 1.29 is 9.47 Å². The third kappa shape index (κ3) is 1.99. The van der Waals surface area contributed by atoms with Crippen molar-refractivity contribution in [3.63, 3.8) is 0 Å². The summed E-state index contributed by atoms with van der Waals surface area (Å²) in [7, 11) is 1.65. The standard InChI is InChI=1S/C15H20N2O2/c1-9-5-10(2)12(13(18-4)11(9)3)14(17)15(6-16)7-19-8-15/h5,14H,7-8,17H2,1-4H3. The molecule has 1 saturated heterocycles. The van der Waals surface area contributed by atoms with E-state index in [4.69, 9.17) is 15.2 Å². The van der Waals surface area contributed by atoms with Crippen molar-refractivity contribution in [1.29, 1.82) is 5.26 Å². The first kappa shape index (κ1) is 13.9. The number of nitriles is 1. The number of methoxy groups -OCH3 is 1. The molecule has 1 unspecified atom stereocenters. The Balaban J connectivity index is 2.56. The molecule has 2 N–H and O–H groups in total. The Kier molecular flexibility index (Phi) is 3.53. The fraction of sp³-hybridized carbons (Fsp3) is 0.533. The van der Waals surface area contributed by atoms with Crippen molar-refractivity contribution in [2.24, 2.45) is 11.1 Å². The molecule has 1 aromatic rings. The Labute approximate surface area is 114 Å². The molecule has 4 nitrogen and oxygen atoms in total. The minimum Gasteiger partial charge on any atom is -0.496 e. The summed E-state index contributed by atoms with van der Waals surface area (Å²) in [6, 6.07) is 4.03. The number of hydrogen-bond donors (Lipinski definition) is 1. The number of benzene rings is 1. The normalized spacial score (nSPS) is 18.3. The van der Waals surface area contributed by atoms with Crippen LogP contribution in [0.3, 0.4) is 0 Å². The number of rotatable bonds is 3. The summed E-state index contributed by atoms with van der Waals surface area (Å²) in [6.45, 7) is 6.85. The van der Waals surface area contributed by atoms with Crippen LogP contribution in [0.1, 0.15) is 28.3 Å². The van der Waals surface area contributed by atoms with Crippen LogP contribution in [0, 0.1) is 37.5 Å². The van der Waals surface area contributed by atoms with Gasteiger partial charge in [0.2, 0.25) is 0 Å². The van der Waals surface area contributed by atoms with Crippen molar-refractivity contribution >= 4 is 0 Å². The molecular weight excluding hydrogens is 240 g/mol. The van der Waals surface area contributed by atoms with Gasteiger partial charge in [-0.25, -0.2) is 0 Å². The van der Waals surface area contributed by atoms with Crippen LogP contribution in [0.4, 0.5) is 0 Å². The summed E-state index contributed by atoms with van der Waals surface area (Å²) in [6.07, 6.45) is 0. The molecule has 1 fully saturated rings. The average Bonchev–Trinajstić information content (AvgIpc) is 2.32. The molecule has 1 aliphatic heterocycles. The summed E-state index contributed by atoms with van der Waals surface area (Å²) in [5, 5.41) is 9.40. The summed E-state index contributed by atoms with van der Waals surface area (Å²) in [5.41, 5.74) is 9.97. The van der Waals surface area contributed by atoms with E-state index in [1.54, 1.807) is 7.11 Å². The van der Waals surface area contributed by atoms with Crippen LogP contribution < -0.4 is 10.5 Å². The minimum absolute atomic E-state index is 0.388. The van der Waals surface area contributed by atoms with Gasteiger partial charge in [-0.15, -0.1) is 0 Å². The maximum absolute atomic E-state index is 9.40. The number of aryl methyl sites for hydroxylation is 2. The van der Waals surface area contributed by atoms with Gasteiger partial charge in [-0.2, -0.15) is 5.26 Å².